The van der Waals surface area contributed by atoms with Crippen LogP contribution in [0, 0.1) is 23.3 Å². The summed E-state index contributed by atoms with van der Waals surface area (Å²) < 4.78 is 51.4. The Morgan fingerprint density at radius 3 is 2.12 bits per heavy atom. The molecule has 1 amide bonds. The Morgan fingerprint density at radius 2 is 1.69 bits per heavy atom. The van der Waals surface area contributed by atoms with Gasteiger partial charge in [-0.1, -0.05) is 12.2 Å². The third-order valence-corrected chi connectivity index (χ3v) is 1.75. The van der Waals surface area contributed by atoms with Crippen molar-refractivity contribution < 1.29 is 22.4 Å². The predicted molar refractivity (Wildman–Crippen MR) is 49.1 cm³/mol. The van der Waals surface area contributed by atoms with Crippen molar-refractivity contribution in [3.05, 3.63) is 41.0 Å². The number of hydrogen-bond acceptors (Lipinski definition) is 1. The minimum Gasteiger partial charge on any atom is -0.369 e. The van der Waals surface area contributed by atoms with E-state index in [1.165, 1.54) is 0 Å². The lowest BCUT2D eigenvalue weighted by atomic mass is 10.1. The van der Waals surface area contributed by atoms with Crippen molar-refractivity contribution in [2.75, 3.05) is 0 Å². The fourth-order valence-corrected chi connectivity index (χ4v) is 1.03. The first kappa shape index (κ1) is 12.2. The summed E-state index contributed by atoms with van der Waals surface area (Å²) in [4.78, 5) is 10.3. The van der Waals surface area contributed by atoms with E-state index in [0.29, 0.717) is 0 Å². The summed E-state index contributed by atoms with van der Waals surface area (Å²) in [5.41, 5.74) is 3.89. The first-order valence-corrected chi connectivity index (χ1v) is 4.21. The zero-order chi connectivity index (χ0) is 12.3. The maximum atomic E-state index is 13.0. The second-order valence-electron chi connectivity index (χ2n) is 2.95. The molecule has 0 fully saturated rings. The molecule has 1 rings (SSSR count). The van der Waals surface area contributed by atoms with Gasteiger partial charge in [-0.2, -0.15) is 0 Å². The van der Waals surface area contributed by atoms with Crippen LogP contribution in [0.4, 0.5) is 17.6 Å². The van der Waals surface area contributed by atoms with Crippen LogP contribution in [0.3, 0.4) is 0 Å². The highest BCUT2D eigenvalue weighted by Gasteiger charge is 2.16. The Labute approximate surface area is 88.4 Å². The molecule has 0 aliphatic carbocycles. The molecule has 0 aliphatic heterocycles. The highest BCUT2D eigenvalue weighted by Crippen LogP contribution is 2.20. The maximum absolute atomic E-state index is 13.0. The lowest BCUT2D eigenvalue weighted by Crippen LogP contribution is -2.08. The van der Waals surface area contributed by atoms with Crippen LogP contribution < -0.4 is 5.73 Å². The van der Waals surface area contributed by atoms with Crippen LogP contribution in [0.25, 0.3) is 6.08 Å². The molecule has 2 N–H and O–H groups in total. The van der Waals surface area contributed by atoms with Gasteiger partial charge in [0.15, 0.2) is 23.3 Å². The summed E-state index contributed by atoms with van der Waals surface area (Å²) in [5.74, 6) is -6.76. The van der Waals surface area contributed by atoms with Gasteiger partial charge in [0.25, 0.3) is 0 Å². The molecule has 2 nitrogen and oxygen atoms in total. The standard InChI is InChI=1S/C10H7F4NO/c11-6-4-7(12)10(14)5(9(6)13)2-1-3-8(15)16/h1-2,4H,3H2,(H2,15,16). The first-order valence-electron chi connectivity index (χ1n) is 4.21. The van der Waals surface area contributed by atoms with E-state index in [4.69, 9.17) is 5.73 Å². The van der Waals surface area contributed by atoms with Crippen LogP contribution in [0.1, 0.15) is 12.0 Å². The first-order chi connectivity index (χ1) is 7.43. The molecule has 0 aromatic heterocycles. The SMILES string of the molecule is NC(=O)CC=Cc1c(F)c(F)cc(F)c1F. The second kappa shape index (κ2) is 4.78. The van der Waals surface area contributed by atoms with Crippen molar-refractivity contribution in [2.24, 2.45) is 5.73 Å². The Kier molecular flexibility index (Phi) is 3.65. The van der Waals surface area contributed by atoms with Crippen molar-refractivity contribution in [3.8, 4) is 0 Å². The van der Waals surface area contributed by atoms with Crippen molar-refractivity contribution in [1.82, 2.24) is 0 Å². The molecule has 0 saturated heterocycles. The van der Waals surface area contributed by atoms with Gasteiger partial charge in [0, 0.05) is 12.5 Å². The molecule has 86 valence electrons. The summed E-state index contributed by atoms with van der Waals surface area (Å²) in [6.45, 7) is 0. The number of hydrogen-bond donors (Lipinski definition) is 1. The zero-order valence-corrected chi connectivity index (χ0v) is 7.94. The minimum atomic E-state index is -1.51. The smallest absolute Gasteiger partial charge is 0.221 e. The molecule has 0 saturated carbocycles. The van der Waals surface area contributed by atoms with Gasteiger partial charge < -0.3 is 5.73 Å². The quantitative estimate of drug-likeness (QED) is 0.630. The van der Waals surface area contributed by atoms with Crippen LogP contribution in [-0.2, 0) is 4.79 Å². The number of nitrogens with two attached hydrogens (primary N) is 1. The van der Waals surface area contributed by atoms with Crippen molar-refractivity contribution in [3.63, 3.8) is 0 Å². The lowest BCUT2D eigenvalue weighted by Gasteiger charge is -2.01. The number of primary amides is 1. The van der Waals surface area contributed by atoms with Gasteiger partial charge in [-0.25, -0.2) is 17.6 Å². The molecular formula is C10H7F4NO. The van der Waals surface area contributed by atoms with E-state index in [1.807, 2.05) is 0 Å². The zero-order valence-electron chi connectivity index (χ0n) is 7.94. The van der Waals surface area contributed by atoms with E-state index in [9.17, 15) is 22.4 Å². The van der Waals surface area contributed by atoms with E-state index in [1.54, 1.807) is 0 Å². The van der Waals surface area contributed by atoms with Gasteiger partial charge >= 0.3 is 0 Å². The molecule has 0 spiro atoms. The molecule has 0 aliphatic rings. The molecule has 1 aromatic rings. The van der Waals surface area contributed by atoms with Crippen LogP contribution >= 0.6 is 0 Å². The van der Waals surface area contributed by atoms with Crippen LogP contribution in [0.2, 0.25) is 0 Å². The van der Waals surface area contributed by atoms with E-state index in [-0.39, 0.29) is 12.5 Å². The molecule has 0 heterocycles. The molecule has 16 heavy (non-hydrogen) atoms. The third kappa shape index (κ3) is 2.59. The molecular weight excluding hydrogens is 226 g/mol. The Hall–Kier alpha value is -1.85. The largest absolute Gasteiger partial charge is 0.369 e. The third-order valence-electron chi connectivity index (χ3n) is 1.75. The van der Waals surface area contributed by atoms with Crippen LogP contribution in [-0.4, -0.2) is 5.91 Å². The van der Waals surface area contributed by atoms with Gasteiger partial charge in [-0.05, 0) is 0 Å². The van der Waals surface area contributed by atoms with Crippen LogP contribution in [0.5, 0.6) is 0 Å². The van der Waals surface area contributed by atoms with Gasteiger partial charge in [-0.3, -0.25) is 4.79 Å². The summed E-state index contributed by atoms with van der Waals surface area (Å²) in [5, 5.41) is 0. The molecule has 1 aromatic carbocycles. The number of benzene rings is 1. The average Bonchev–Trinajstić information content (AvgIpc) is 2.20. The lowest BCUT2D eigenvalue weighted by molar-refractivity contribution is -0.117. The molecule has 0 bridgehead atoms. The summed E-state index contributed by atoms with van der Waals surface area (Å²) in [6, 6.07) is 0.107. The van der Waals surface area contributed by atoms with Gasteiger partial charge in [-0.15, -0.1) is 0 Å². The van der Waals surface area contributed by atoms with Crippen molar-refractivity contribution in [2.45, 2.75) is 6.42 Å². The van der Waals surface area contributed by atoms with Crippen molar-refractivity contribution in [1.29, 1.82) is 0 Å². The number of amides is 1. The fraction of sp³-hybridized carbons (Fsp3) is 0.100. The summed E-state index contributed by atoms with van der Waals surface area (Å²) in [6.07, 6.45) is 1.50. The molecule has 0 unspecified atom stereocenters. The highest BCUT2D eigenvalue weighted by atomic mass is 19.2. The molecule has 0 atom stereocenters. The summed E-state index contributed by atoms with van der Waals surface area (Å²) >= 11 is 0. The Morgan fingerprint density at radius 1 is 1.19 bits per heavy atom. The maximum Gasteiger partial charge on any atom is 0.221 e. The second-order valence-corrected chi connectivity index (χ2v) is 2.95. The topological polar surface area (TPSA) is 43.1 Å². The van der Waals surface area contributed by atoms with E-state index in [2.05, 4.69) is 0 Å². The van der Waals surface area contributed by atoms with E-state index < -0.39 is 34.7 Å². The monoisotopic (exact) mass is 233 g/mol. The Balaban J connectivity index is 3.12. The number of carbonyl (C=O) groups is 1. The molecule has 6 heteroatoms. The Bertz CT molecular complexity index is 430. The van der Waals surface area contributed by atoms with Gasteiger partial charge in [0.05, 0.1) is 5.56 Å². The summed E-state index contributed by atoms with van der Waals surface area (Å²) in [7, 11) is 0. The fourth-order valence-electron chi connectivity index (χ4n) is 1.03. The van der Waals surface area contributed by atoms with E-state index >= 15 is 0 Å². The minimum absolute atomic E-state index is 0.107. The van der Waals surface area contributed by atoms with Gasteiger partial charge in [0.1, 0.15) is 0 Å². The van der Waals surface area contributed by atoms with Gasteiger partial charge in [0.2, 0.25) is 5.91 Å². The number of carbonyl (C=O) groups excluding carboxylic acids is 1. The highest BCUT2D eigenvalue weighted by molar-refractivity contribution is 5.76. The average molecular weight is 233 g/mol. The normalized spacial score (nSPS) is 11.0. The van der Waals surface area contributed by atoms with Crippen molar-refractivity contribution >= 4 is 12.0 Å². The number of rotatable bonds is 3. The predicted octanol–water partition coefficient (Wildman–Crippen LogP) is 2.13. The molecule has 0 radical (unpaired) electrons. The van der Waals surface area contributed by atoms with E-state index in [0.717, 1.165) is 12.2 Å². The number of halogens is 4. The van der Waals surface area contributed by atoms with Crippen LogP contribution in [0.15, 0.2) is 12.1 Å².